The summed E-state index contributed by atoms with van der Waals surface area (Å²) in [5.41, 5.74) is 1.65. The van der Waals surface area contributed by atoms with Crippen molar-refractivity contribution in [3.8, 4) is 0 Å². The van der Waals surface area contributed by atoms with E-state index in [1.165, 1.54) is 6.92 Å². The van der Waals surface area contributed by atoms with Gasteiger partial charge in [-0.15, -0.1) is 0 Å². The third-order valence-electron chi connectivity index (χ3n) is 2.53. The maximum Gasteiger partial charge on any atom is 0.332 e. The molecule has 0 atom stereocenters. The lowest BCUT2D eigenvalue weighted by atomic mass is 10.00. The first-order valence-electron chi connectivity index (χ1n) is 5.13. The fraction of sp³-hybridized carbons (Fsp3) is 0.231. The topological polar surface area (TPSA) is 74.6 Å². The minimum atomic E-state index is -1.20. The molecule has 1 aromatic rings. The molecule has 4 nitrogen and oxygen atoms in total. The summed E-state index contributed by atoms with van der Waals surface area (Å²) in [7, 11) is 0. The van der Waals surface area contributed by atoms with Gasteiger partial charge in [0.15, 0.2) is 0 Å². The van der Waals surface area contributed by atoms with Crippen LogP contribution in [0, 0.1) is 6.92 Å². The number of hydrogen-bond donors (Lipinski definition) is 2. The Morgan fingerprint density at radius 3 is 2.00 bits per heavy atom. The second-order valence-electron chi connectivity index (χ2n) is 3.88. The van der Waals surface area contributed by atoms with E-state index < -0.39 is 11.9 Å². The lowest BCUT2D eigenvalue weighted by molar-refractivity contribution is -0.136. The Labute approximate surface area is 99.2 Å². The fourth-order valence-corrected chi connectivity index (χ4v) is 1.41. The quantitative estimate of drug-likeness (QED) is 0.781. The van der Waals surface area contributed by atoms with Crippen LogP contribution in [-0.4, -0.2) is 22.2 Å². The molecule has 17 heavy (non-hydrogen) atoms. The molecule has 0 bridgehead atoms. The Bertz CT molecular complexity index is 469. The highest BCUT2D eigenvalue weighted by Crippen LogP contribution is 2.14. The molecule has 0 saturated carbocycles. The lowest BCUT2D eigenvalue weighted by Gasteiger charge is -2.06. The second kappa shape index (κ2) is 5.30. The maximum atomic E-state index is 11.0. The summed E-state index contributed by atoms with van der Waals surface area (Å²) in [4.78, 5) is 21.8. The van der Waals surface area contributed by atoms with Crippen molar-refractivity contribution in [1.29, 1.82) is 0 Å². The van der Waals surface area contributed by atoms with Gasteiger partial charge in [-0.25, -0.2) is 9.59 Å². The van der Waals surface area contributed by atoms with E-state index in [9.17, 15) is 9.59 Å². The van der Waals surface area contributed by atoms with Gasteiger partial charge < -0.3 is 10.2 Å². The van der Waals surface area contributed by atoms with Gasteiger partial charge in [-0.05, 0) is 19.4 Å². The van der Waals surface area contributed by atoms with Crippen molar-refractivity contribution in [2.45, 2.75) is 20.3 Å². The van der Waals surface area contributed by atoms with Crippen LogP contribution in [0.3, 0.4) is 0 Å². The molecule has 1 aromatic carbocycles. The van der Waals surface area contributed by atoms with Crippen molar-refractivity contribution in [1.82, 2.24) is 0 Å². The standard InChI is InChI=1S/C13H14O4/c1-8-3-5-10(6-4-8)7-11(13(16)17)9(2)12(14)15/h3-6H,7H2,1-2H3,(H,14,15)(H,16,17)/b11-9-. The Morgan fingerprint density at radius 1 is 1.06 bits per heavy atom. The van der Waals surface area contributed by atoms with Gasteiger partial charge in [-0.3, -0.25) is 0 Å². The van der Waals surface area contributed by atoms with Crippen molar-refractivity contribution >= 4 is 11.9 Å². The first-order chi connectivity index (χ1) is 7.91. The third-order valence-corrected chi connectivity index (χ3v) is 2.53. The molecule has 0 radical (unpaired) electrons. The number of carboxylic acid groups (broad SMARTS) is 2. The van der Waals surface area contributed by atoms with Gasteiger partial charge in [0.05, 0.1) is 5.57 Å². The van der Waals surface area contributed by atoms with Crippen molar-refractivity contribution < 1.29 is 19.8 Å². The predicted octanol–water partition coefficient (Wildman–Crippen LogP) is 2.02. The van der Waals surface area contributed by atoms with Crippen LogP contribution in [-0.2, 0) is 16.0 Å². The van der Waals surface area contributed by atoms with Gasteiger partial charge in [-0.2, -0.15) is 0 Å². The van der Waals surface area contributed by atoms with E-state index in [1.807, 2.05) is 19.1 Å². The van der Waals surface area contributed by atoms with Gasteiger partial charge in [0.1, 0.15) is 0 Å². The Hall–Kier alpha value is -2.10. The number of carbonyl (C=O) groups is 2. The first-order valence-corrected chi connectivity index (χ1v) is 5.13. The molecule has 1 rings (SSSR count). The lowest BCUT2D eigenvalue weighted by Crippen LogP contribution is -2.11. The molecule has 0 aliphatic heterocycles. The monoisotopic (exact) mass is 234 g/mol. The van der Waals surface area contributed by atoms with Gasteiger partial charge in [-0.1, -0.05) is 29.8 Å². The number of benzene rings is 1. The van der Waals surface area contributed by atoms with E-state index in [1.54, 1.807) is 12.1 Å². The van der Waals surface area contributed by atoms with E-state index >= 15 is 0 Å². The largest absolute Gasteiger partial charge is 0.478 e. The van der Waals surface area contributed by atoms with Gasteiger partial charge in [0, 0.05) is 12.0 Å². The van der Waals surface area contributed by atoms with Crippen molar-refractivity contribution in [2.75, 3.05) is 0 Å². The molecule has 0 saturated heterocycles. The van der Waals surface area contributed by atoms with Crippen LogP contribution in [0.15, 0.2) is 35.4 Å². The summed E-state index contributed by atoms with van der Waals surface area (Å²) >= 11 is 0. The molecule has 2 N–H and O–H groups in total. The molecule has 90 valence electrons. The van der Waals surface area contributed by atoms with Gasteiger partial charge in [0.2, 0.25) is 0 Å². The zero-order valence-corrected chi connectivity index (χ0v) is 9.73. The van der Waals surface area contributed by atoms with Crippen LogP contribution >= 0.6 is 0 Å². The van der Waals surface area contributed by atoms with E-state index in [2.05, 4.69) is 0 Å². The normalized spacial score (nSPS) is 11.9. The highest BCUT2D eigenvalue weighted by atomic mass is 16.4. The Kier molecular flexibility index (Phi) is 4.04. The van der Waals surface area contributed by atoms with E-state index in [0.717, 1.165) is 11.1 Å². The minimum Gasteiger partial charge on any atom is -0.478 e. The van der Waals surface area contributed by atoms with E-state index in [4.69, 9.17) is 10.2 Å². The molecule has 0 fully saturated rings. The van der Waals surface area contributed by atoms with Crippen molar-refractivity contribution in [2.24, 2.45) is 0 Å². The average molecular weight is 234 g/mol. The maximum absolute atomic E-state index is 11.0. The molecule has 0 heterocycles. The van der Waals surface area contributed by atoms with E-state index in [-0.39, 0.29) is 17.6 Å². The minimum absolute atomic E-state index is 0.0821. The molecule has 4 heteroatoms. The zero-order chi connectivity index (χ0) is 13.0. The molecule has 0 aromatic heterocycles. The Morgan fingerprint density at radius 2 is 1.59 bits per heavy atom. The van der Waals surface area contributed by atoms with Crippen LogP contribution in [0.5, 0.6) is 0 Å². The Balaban J connectivity index is 3.04. The van der Waals surface area contributed by atoms with Crippen molar-refractivity contribution in [3.05, 3.63) is 46.5 Å². The molecule has 0 spiro atoms. The second-order valence-corrected chi connectivity index (χ2v) is 3.88. The van der Waals surface area contributed by atoms with E-state index in [0.29, 0.717) is 0 Å². The SMILES string of the molecule is C/C(C(=O)O)=C(\Cc1ccc(C)cc1)C(=O)O. The molecule has 0 aliphatic rings. The van der Waals surface area contributed by atoms with Gasteiger partial charge in [0.25, 0.3) is 0 Å². The smallest absolute Gasteiger partial charge is 0.332 e. The number of hydrogen-bond acceptors (Lipinski definition) is 2. The number of rotatable bonds is 4. The molecule has 0 aliphatic carbocycles. The average Bonchev–Trinajstić information content (AvgIpc) is 2.26. The molecule has 0 unspecified atom stereocenters. The number of carboxylic acids is 2. The van der Waals surface area contributed by atoms with Crippen LogP contribution in [0.4, 0.5) is 0 Å². The summed E-state index contributed by atoms with van der Waals surface area (Å²) in [5, 5.41) is 17.8. The highest BCUT2D eigenvalue weighted by Gasteiger charge is 2.16. The first kappa shape index (κ1) is 13.0. The summed E-state index contributed by atoms with van der Waals surface area (Å²) in [6.45, 7) is 3.24. The summed E-state index contributed by atoms with van der Waals surface area (Å²) in [6, 6.07) is 7.33. The van der Waals surface area contributed by atoms with Crippen LogP contribution in [0.25, 0.3) is 0 Å². The fourth-order valence-electron chi connectivity index (χ4n) is 1.41. The molecular formula is C13H14O4. The zero-order valence-electron chi connectivity index (χ0n) is 9.73. The third kappa shape index (κ3) is 3.45. The molecule has 0 amide bonds. The van der Waals surface area contributed by atoms with Crippen LogP contribution in [0.2, 0.25) is 0 Å². The summed E-state index contributed by atoms with van der Waals surface area (Å²) < 4.78 is 0. The van der Waals surface area contributed by atoms with Crippen LogP contribution < -0.4 is 0 Å². The summed E-state index contributed by atoms with van der Waals surface area (Å²) in [6.07, 6.45) is 0.119. The summed E-state index contributed by atoms with van der Waals surface area (Å²) in [5.74, 6) is -2.39. The predicted molar refractivity (Wildman–Crippen MR) is 62.9 cm³/mol. The number of aliphatic carboxylic acids is 2. The molecular weight excluding hydrogens is 220 g/mol. The van der Waals surface area contributed by atoms with Crippen LogP contribution in [0.1, 0.15) is 18.1 Å². The highest BCUT2D eigenvalue weighted by molar-refractivity contribution is 5.98. The number of aryl methyl sites for hydroxylation is 1. The van der Waals surface area contributed by atoms with Gasteiger partial charge >= 0.3 is 11.9 Å². The van der Waals surface area contributed by atoms with Crippen molar-refractivity contribution in [3.63, 3.8) is 0 Å².